The number of hydrogen-bond acceptors (Lipinski definition) is 5. The Morgan fingerprint density at radius 1 is 1.25 bits per heavy atom. The second-order valence-corrected chi connectivity index (χ2v) is 8.87. The van der Waals surface area contributed by atoms with Crippen LogP contribution in [-0.2, 0) is 16.4 Å². The Kier molecular flexibility index (Phi) is 5.10. The fourth-order valence-corrected chi connectivity index (χ4v) is 3.89. The van der Waals surface area contributed by atoms with Crippen LogP contribution in [0.5, 0.6) is 0 Å². The second kappa shape index (κ2) is 7.11. The van der Waals surface area contributed by atoms with E-state index in [2.05, 4.69) is 17.4 Å². The maximum absolute atomic E-state index is 12.1. The zero-order valence-corrected chi connectivity index (χ0v) is 14.8. The summed E-state index contributed by atoms with van der Waals surface area (Å²) in [5, 5.41) is 3.06. The topological polar surface area (TPSA) is 81.3 Å². The molecule has 1 saturated carbocycles. The lowest BCUT2D eigenvalue weighted by molar-refractivity contribution is 0.496. The van der Waals surface area contributed by atoms with Crippen molar-refractivity contribution < 1.29 is 12.8 Å². The minimum Gasteiger partial charge on any atom is -0.408 e. The second-order valence-electron chi connectivity index (χ2n) is 6.61. The molecule has 0 atom stereocenters. The first-order valence-electron chi connectivity index (χ1n) is 8.46. The van der Waals surface area contributed by atoms with Gasteiger partial charge in [0.2, 0.25) is 0 Å². The molecule has 0 unspecified atom stereocenters. The van der Waals surface area contributed by atoms with Crippen LogP contribution in [0.4, 0.5) is 0 Å². The molecule has 0 amide bonds. The number of nitrogens with one attached hydrogen (secondary N) is 1. The average Bonchev–Trinajstić information content (AvgIpc) is 3.13. The number of sulfone groups is 1. The highest BCUT2D eigenvalue weighted by Gasteiger charge is 2.19. The predicted octanol–water partition coefficient (Wildman–Crippen LogP) is 1.89. The van der Waals surface area contributed by atoms with Gasteiger partial charge in [-0.15, -0.1) is 0 Å². The summed E-state index contributed by atoms with van der Waals surface area (Å²) < 4.78 is 29.1. The molecule has 3 rings (SSSR count). The van der Waals surface area contributed by atoms with Crippen molar-refractivity contribution in [3.63, 3.8) is 0 Å². The first-order chi connectivity index (χ1) is 11.4. The lowest BCUT2D eigenvalue weighted by Crippen LogP contribution is -2.28. The molecule has 1 fully saturated rings. The Balaban J connectivity index is 1.71. The van der Waals surface area contributed by atoms with Crippen LogP contribution >= 0.6 is 0 Å². The van der Waals surface area contributed by atoms with Crippen LogP contribution < -0.4 is 11.1 Å². The van der Waals surface area contributed by atoms with Gasteiger partial charge in [0.15, 0.2) is 5.58 Å². The van der Waals surface area contributed by atoms with Crippen LogP contribution in [0.1, 0.15) is 37.2 Å². The van der Waals surface area contributed by atoms with Gasteiger partial charge in [-0.25, -0.2) is 13.2 Å². The molecule has 0 radical (unpaired) electrons. The largest absolute Gasteiger partial charge is 0.419 e. The van der Waals surface area contributed by atoms with Gasteiger partial charge in [0.05, 0.1) is 11.3 Å². The van der Waals surface area contributed by atoms with E-state index in [-0.39, 0.29) is 11.5 Å². The summed E-state index contributed by atoms with van der Waals surface area (Å²) in [6.07, 6.45) is 6.17. The van der Waals surface area contributed by atoms with E-state index < -0.39 is 9.84 Å². The van der Waals surface area contributed by atoms with Crippen LogP contribution in [0.25, 0.3) is 11.1 Å². The molecule has 0 saturated heterocycles. The van der Waals surface area contributed by atoms with Crippen molar-refractivity contribution in [3.05, 3.63) is 34.3 Å². The molecule has 7 heteroatoms. The zero-order valence-electron chi connectivity index (χ0n) is 14.0. The molecule has 0 spiro atoms. The third kappa shape index (κ3) is 4.08. The number of rotatable bonds is 7. The first kappa shape index (κ1) is 17.2. The molecule has 0 aliphatic heterocycles. The molecule has 1 aliphatic rings. The van der Waals surface area contributed by atoms with E-state index in [1.54, 1.807) is 4.57 Å². The van der Waals surface area contributed by atoms with E-state index >= 15 is 0 Å². The van der Waals surface area contributed by atoms with Gasteiger partial charge in [-0.3, -0.25) is 4.57 Å². The van der Waals surface area contributed by atoms with Crippen LogP contribution in [0.2, 0.25) is 0 Å². The van der Waals surface area contributed by atoms with Crippen molar-refractivity contribution in [2.24, 2.45) is 0 Å². The highest BCUT2D eigenvalue weighted by atomic mass is 32.2. The Bertz CT molecular complexity index is 860. The summed E-state index contributed by atoms with van der Waals surface area (Å²) in [4.78, 5) is 12.1. The predicted molar refractivity (Wildman–Crippen MR) is 94.3 cm³/mol. The summed E-state index contributed by atoms with van der Waals surface area (Å²) in [5.41, 5.74) is 2.71. The van der Waals surface area contributed by atoms with Crippen molar-refractivity contribution in [1.82, 2.24) is 9.88 Å². The first-order valence-corrected chi connectivity index (χ1v) is 10.5. The number of oxazole rings is 1. The maximum atomic E-state index is 12.1. The van der Waals surface area contributed by atoms with Gasteiger partial charge in [0, 0.05) is 25.9 Å². The maximum Gasteiger partial charge on any atom is 0.419 e. The monoisotopic (exact) mass is 352 g/mol. The SMILES string of the molecule is CS(=O)(=O)CCNCCn1c(=O)oc2ccc(C3CCCC3)cc21. The lowest BCUT2D eigenvalue weighted by atomic mass is 9.97. The van der Waals surface area contributed by atoms with Gasteiger partial charge in [-0.1, -0.05) is 18.9 Å². The third-order valence-electron chi connectivity index (χ3n) is 4.68. The van der Waals surface area contributed by atoms with Crippen molar-refractivity contribution >= 4 is 20.9 Å². The van der Waals surface area contributed by atoms with Gasteiger partial charge in [-0.05, 0) is 36.5 Å². The molecule has 1 N–H and O–H groups in total. The number of benzene rings is 1. The molecule has 2 aromatic rings. The lowest BCUT2D eigenvalue weighted by Gasteiger charge is -2.10. The van der Waals surface area contributed by atoms with Crippen molar-refractivity contribution in [1.29, 1.82) is 0 Å². The van der Waals surface area contributed by atoms with E-state index in [1.807, 2.05) is 6.07 Å². The fraction of sp³-hybridized carbons (Fsp3) is 0.588. The Hall–Kier alpha value is -1.60. The molecule has 132 valence electrons. The van der Waals surface area contributed by atoms with Gasteiger partial charge in [0.25, 0.3) is 0 Å². The van der Waals surface area contributed by atoms with E-state index in [4.69, 9.17) is 4.42 Å². The highest BCUT2D eigenvalue weighted by molar-refractivity contribution is 7.90. The van der Waals surface area contributed by atoms with Gasteiger partial charge >= 0.3 is 5.76 Å². The Morgan fingerprint density at radius 3 is 2.71 bits per heavy atom. The number of nitrogens with zero attached hydrogens (tertiary/aromatic N) is 1. The smallest absolute Gasteiger partial charge is 0.408 e. The minimum absolute atomic E-state index is 0.0971. The van der Waals surface area contributed by atoms with Crippen molar-refractivity contribution in [2.75, 3.05) is 25.1 Å². The van der Waals surface area contributed by atoms with E-state index in [1.165, 1.54) is 37.5 Å². The molecule has 1 heterocycles. The standard InChI is InChI=1S/C17H24N2O4S/c1-24(21,22)11-9-18-8-10-19-15-12-14(13-4-2-3-5-13)6-7-16(15)23-17(19)20/h6-7,12-13,18H,2-5,8-11H2,1H3. The number of aromatic nitrogens is 1. The summed E-state index contributed by atoms with van der Waals surface area (Å²) >= 11 is 0. The van der Waals surface area contributed by atoms with Gasteiger partial charge in [0.1, 0.15) is 9.84 Å². The molecular formula is C17H24N2O4S. The highest BCUT2D eigenvalue weighted by Crippen LogP contribution is 2.35. The molecule has 1 aromatic heterocycles. The van der Waals surface area contributed by atoms with E-state index in [0.717, 1.165) is 5.52 Å². The number of fused-ring (bicyclic) bond motifs is 1. The molecule has 24 heavy (non-hydrogen) atoms. The van der Waals surface area contributed by atoms with Crippen LogP contribution in [0, 0.1) is 0 Å². The summed E-state index contributed by atoms with van der Waals surface area (Å²) in [5.74, 6) is 0.319. The van der Waals surface area contributed by atoms with E-state index in [0.29, 0.717) is 31.1 Å². The number of hydrogen-bond donors (Lipinski definition) is 1. The molecule has 1 aromatic carbocycles. The fourth-order valence-electron chi connectivity index (χ4n) is 3.38. The van der Waals surface area contributed by atoms with Gasteiger partial charge in [-0.2, -0.15) is 0 Å². The summed E-state index contributed by atoms with van der Waals surface area (Å²) in [6.45, 7) is 1.37. The van der Waals surface area contributed by atoms with Crippen molar-refractivity contribution in [3.8, 4) is 0 Å². The summed E-state index contributed by atoms with van der Waals surface area (Å²) in [7, 11) is -2.97. The Morgan fingerprint density at radius 2 is 2.00 bits per heavy atom. The molecular weight excluding hydrogens is 328 g/mol. The average molecular weight is 352 g/mol. The minimum atomic E-state index is -2.97. The molecule has 0 bridgehead atoms. The van der Waals surface area contributed by atoms with Crippen LogP contribution in [0.15, 0.2) is 27.4 Å². The van der Waals surface area contributed by atoms with Gasteiger partial charge < -0.3 is 9.73 Å². The van der Waals surface area contributed by atoms with Crippen molar-refractivity contribution in [2.45, 2.75) is 38.1 Å². The third-order valence-corrected chi connectivity index (χ3v) is 5.63. The normalized spacial score (nSPS) is 16.2. The summed E-state index contributed by atoms with van der Waals surface area (Å²) in [6, 6.07) is 6.03. The van der Waals surface area contributed by atoms with Crippen LogP contribution in [0.3, 0.4) is 0 Å². The van der Waals surface area contributed by atoms with E-state index in [9.17, 15) is 13.2 Å². The Labute approximate surface area is 141 Å². The molecule has 6 nitrogen and oxygen atoms in total. The molecule has 1 aliphatic carbocycles. The van der Waals surface area contributed by atoms with Crippen LogP contribution in [-0.4, -0.2) is 38.1 Å². The quantitative estimate of drug-likeness (QED) is 0.770. The zero-order chi connectivity index (χ0) is 17.2.